The van der Waals surface area contributed by atoms with E-state index in [1.807, 2.05) is 54.6 Å². The van der Waals surface area contributed by atoms with Gasteiger partial charge < -0.3 is 5.11 Å². The van der Waals surface area contributed by atoms with Crippen molar-refractivity contribution in [3.8, 4) is 16.9 Å². The minimum Gasteiger partial charge on any atom is -0.507 e. The smallest absolute Gasteiger partial charge is 0.267 e. The summed E-state index contributed by atoms with van der Waals surface area (Å²) in [5, 5.41) is 12.0. The lowest BCUT2D eigenvalue weighted by Crippen LogP contribution is -2.21. The minimum absolute atomic E-state index is 0.146. The summed E-state index contributed by atoms with van der Waals surface area (Å²) in [4.78, 5) is 13.4. The van der Waals surface area contributed by atoms with Gasteiger partial charge in [-0.3, -0.25) is 9.20 Å². The van der Waals surface area contributed by atoms with Crippen molar-refractivity contribution < 1.29 is 5.11 Å². The van der Waals surface area contributed by atoms with Gasteiger partial charge in [0.05, 0.1) is 16.6 Å². The van der Waals surface area contributed by atoms with Crippen molar-refractivity contribution >= 4 is 16.4 Å². The van der Waals surface area contributed by atoms with Crippen LogP contribution in [0.5, 0.6) is 5.75 Å². The van der Waals surface area contributed by atoms with E-state index in [1.54, 1.807) is 4.40 Å². The van der Waals surface area contributed by atoms with Crippen molar-refractivity contribution in [2.45, 2.75) is 19.3 Å². The molecule has 0 spiro atoms. The zero-order chi connectivity index (χ0) is 17.0. The van der Waals surface area contributed by atoms with Crippen LogP contribution in [-0.4, -0.2) is 9.51 Å². The maximum atomic E-state index is 13.4. The van der Waals surface area contributed by atoms with Crippen LogP contribution >= 0.6 is 0 Å². The summed E-state index contributed by atoms with van der Waals surface area (Å²) < 4.78 is 1.81. The molecule has 2 aromatic carbocycles. The molecule has 0 saturated carbocycles. The second-order valence-corrected chi connectivity index (χ2v) is 6.64. The quantitative estimate of drug-likeness (QED) is 0.529. The molecular formula is C22H17NO2. The van der Waals surface area contributed by atoms with E-state index in [0.717, 1.165) is 52.4 Å². The first-order valence-electron chi connectivity index (χ1n) is 8.62. The van der Waals surface area contributed by atoms with E-state index in [4.69, 9.17) is 0 Å². The molecule has 122 valence electrons. The van der Waals surface area contributed by atoms with Crippen LogP contribution in [0, 0.1) is 0 Å². The molecule has 0 aliphatic heterocycles. The molecule has 4 aromatic rings. The van der Waals surface area contributed by atoms with Gasteiger partial charge in [-0.2, -0.15) is 0 Å². The first-order valence-corrected chi connectivity index (χ1v) is 8.62. The summed E-state index contributed by atoms with van der Waals surface area (Å²) in [6.07, 6.45) is 2.71. The van der Waals surface area contributed by atoms with Gasteiger partial charge in [0.25, 0.3) is 5.56 Å². The summed E-state index contributed by atoms with van der Waals surface area (Å²) in [7, 11) is 0. The highest BCUT2D eigenvalue weighted by molar-refractivity contribution is 5.89. The van der Waals surface area contributed by atoms with Gasteiger partial charge in [-0.05, 0) is 47.9 Å². The number of para-hydroxylation sites is 1. The summed E-state index contributed by atoms with van der Waals surface area (Å²) in [6.45, 7) is 0. The first-order chi connectivity index (χ1) is 12.3. The number of aromatic hydroxyl groups is 1. The van der Waals surface area contributed by atoms with Crippen molar-refractivity contribution in [3.63, 3.8) is 0 Å². The van der Waals surface area contributed by atoms with Crippen molar-refractivity contribution in [1.82, 2.24) is 4.40 Å². The Morgan fingerprint density at radius 2 is 1.68 bits per heavy atom. The SMILES string of the molecule is O=c1c(-c2ccccc2)c(O)c2c3c(cc4ccccc4n13)CCC2. The summed E-state index contributed by atoms with van der Waals surface area (Å²) >= 11 is 0. The van der Waals surface area contributed by atoms with Crippen LogP contribution in [0.2, 0.25) is 0 Å². The lowest BCUT2D eigenvalue weighted by molar-refractivity contribution is 0.467. The van der Waals surface area contributed by atoms with Crippen LogP contribution < -0.4 is 5.56 Å². The van der Waals surface area contributed by atoms with Crippen LogP contribution in [0.15, 0.2) is 65.5 Å². The average Bonchev–Trinajstić information content (AvgIpc) is 2.65. The van der Waals surface area contributed by atoms with Crippen LogP contribution in [0.3, 0.4) is 0 Å². The Hall–Kier alpha value is -3.07. The fourth-order valence-electron chi connectivity index (χ4n) is 4.10. The van der Waals surface area contributed by atoms with E-state index in [0.29, 0.717) is 5.56 Å². The van der Waals surface area contributed by atoms with Crippen molar-refractivity contribution in [2.75, 3.05) is 0 Å². The molecule has 25 heavy (non-hydrogen) atoms. The Labute approximate surface area is 144 Å². The first kappa shape index (κ1) is 14.3. The molecule has 0 radical (unpaired) electrons. The van der Waals surface area contributed by atoms with Crippen LogP contribution in [0.25, 0.3) is 27.5 Å². The molecule has 0 unspecified atom stereocenters. The predicted molar refractivity (Wildman–Crippen MR) is 100 cm³/mol. The number of nitrogens with zero attached hydrogens (tertiary/aromatic N) is 1. The van der Waals surface area contributed by atoms with Gasteiger partial charge in [0.2, 0.25) is 0 Å². The number of aromatic nitrogens is 1. The fraction of sp³-hybridized carbons (Fsp3) is 0.136. The van der Waals surface area contributed by atoms with Crippen LogP contribution in [0.4, 0.5) is 0 Å². The molecule has 0 saturated heterocycles. The van der Waals surface area contributed by atoms with E-state index in [1.165, 1.54) is 0 Å². The molecular weight excluding hydrogens is 310 g/mol. The number of aryl methyl sites for hydroxylation is 2. The maximum Gasteiger partial charge on any atom is 0.267 e. The highest BCUT2D eigenvalue weighted by atomic mass is 16.3. The summed E-state index contributed by atoms with van der Waals surface area (Å²) in [5.41, 5.74) is 4.84. The van der Waals surface area contributed by atoms with Gasteiger partial charge in [-0.1, -0.05) is 48.5 Å². The van der Waals surface area contributed by atoms with E-state index >= 15 is 0 Å². The number of benzene rings is 2. The van der Waals surface area contributed by atoms with Gasteiger partial charge in [0.1, 0.15) is 5.75 Å². The van der Waals surface area contributed by atoms with E-state index in [9.17, 15) is 9.90 Å². The molecule has 5 rings (SSSR count). The van der Waals surface area contributed by atoms with E-state index < -0.39 is 0 Å². The van der Waals surface area contributed by atoms with Crippen LogP contribution in [0.1, 0.15) is 17.5 Å². The molecule has 1 N–H and O–H groups in total. The average molecular weight is 327 g/mol. The number of hydrogen-bond donors (Lipinski definition) is 1. The molecule has 3 heteroatoms. The molecule has 1 aliphatic rings. The van der Waals surface area contributed by atoms with Crippen molar-refractivity contribution in [2.24, 2.45) is 0 Å². The van der Waals surface area contributed by atoms with Crippen molar-refractivity contribution in [3.05, 3.63) is 82.1 Å². The molecule has 2 aromatic heterocycles. The second kappa shape index (κ2) is 5.21. The Morgan fingerprint density at radius 1 is 0.920 bits per heavy atom. The monoisotopic (exact) mass is 327 g/mol. The number of rotatable bonds is 1. The Bertz CT molecular complexity index is 1190. The number of fused-ring (bicyclic) bond motifs is 2. The molecule has 0 amide bonds. The second-order valence-electron chi connectivity index (χ2n) is 6.64. The standard InChI is InChI=1S/C22H17NO2/c24-21-17-11-6-10-16-13-15-9-4-5-12-18(15)23(20(16)17)22(25)19(21)14-7-2-1-3-8-14/h1-5,7-9,12-13,24H,6,10-11H2. The number of hydrogen-bond acceptors (Lipinski definition) is 2. The van der Waals surface area contributed by atoms with Gasteiger partial charge in [-0.15, -0.1) is 0 Å². The third-order valence-corrected chi connectivity index (χ3v) is 5.20. The third kappa shape index (κ3) is 1.96. The van der Waals surface area contributed by atoms with E-state index in [-0.39, 0.29) is 11.3 Å². The van der Waals surface area contributed by atoms with Crippen LogP contribution in [-0.2, 0) is 12.8 Å². The van der Waals surface area contributed by atoms with Gasteiger partial charge in [0, 0.05) is 5.56 Å². The molecule has 3 nitrogen and oxygen atoms in total. The zero-order valence-electron chi connectivity index (χ0n) is 13.7. The van der Waals surface area contributed by atoms with E-state index in [2.05, 4.69) is 6.07 Å². The Kier molecular flexibility index (Phi) is 2.98. The molecule has 0 bridgehead atoms. The highest BCUT2D eigenvalue weighted by Gasteiger charge is 2.24. The maximum absolute atomic E-state index is 13.4. The normalized spacial score (nSPS) is 13.4. The topological polar surface area (TPSA) is 41.7 Å². The number of pyridine rings is 2. The molecule has 0 atom stereocenters. The predicted octanol–water partition coefficient (Wildman–Crippen LogP) is 4.31. The summed E-state index contributed by atoms with van der Waals surface area (Å²) in [5.74, 6) is 0.146. The van der Waals surface area contributed by atoms with Gasteiger partial charge in [-0.25, -0.2) is 0 Å². The Balaban J connectivity index is 2.06. The summed E-state index contributed by atoms with van der Waals surface area (Å²) in [6, 6.07) is 19.6. The largest absolute Gasteiger partial charge is 0.507 e. The zero-order valence-corrected chi connectivity index (χ0v) is 13.7. The van der Waals surface area contributed by atoms with Crippen molar-refractivity contribution in [1.29, 1.82) is 0 Å². The molecule has 2 heterocycles. The fourth-order valence-corrected chi connectivity index (χ4v) is 4.10. The third-order valence-electron chi connectivity index (χ3n) is 5.20. The Morgan fingerprint density at radius 3 is 2.52 bits per heavy atom. The molecule has 1 aliphatic carbocycles. The minimum atomic E-state index is -0.151. The molecule has 0 fully saturated rings. The highest BCUT2D eigenvalue weighted by Crippen LogP contribution is 2.38. The van der Waals surface area contributed by atoms with Gasteiger partial charge >= 0.3 is 0 Å². The lowest BCUT2D eigenvalue weighted by atomic mass is 9.90. The lowest BCUT2D eigenvalue weighted by Gasteiger charge is -2.22. The van der Waals surface area contributed by atoms with Gasteiger partial charge in [0.15, 0.2) is 0 Å².